The van der Waals surface area contributed by atoms with Crippen molar-refractivity contribution in [1.29, 1.82) is 0 Å². The number of halogens is 1. The van der Waals surface area contributed by atoms with Gasteiger partial charge in [-0.05, 0) is 22.9 Å². The predicted molar refractivity (Wildman–Crippen MR) is 66.7 cm³/mol. The summed E-state index contributed by atoms with van der Waals surface area (Å²) in [5.74, 6) is -0.0544. The lowest BCUT2D eigenvalue weighted by Crippen LogP contribution is -2.08. The molecule has 0 amide bonds. The summed E-state index contributed by atoms with van der Waals surface area (Å²) in [6.45, 7) is 0. The van der Waals surface area contributed by atoms with Gasteiger partial charge in [0.25, 0.3) is 0 Å². The summed E-state index contributed by atoms with van der Waals surface area (Å²) >= 11 is 0. The Labute approximate surface area is 108 Å². The topological polar surface area (TPSA) is 109 Å². The summed E-state index contributed by atoms with van der Waals surface area (Å²) in [4.78, 5) is 13.2. The van der Waals surface area contributed by atoms with Gasteiger partial charge in [0.05, 0.1) is 18.9 Å². The molecular weight excluding hydrogens is 253 g/mol. The van der Waals surface area contributed by atoms with Crippen LogP contribution >= 0.6 is 0 Å². The second kappa shape index (κ2) is 5.87. The molecule has 6 nitrogen and oxygen atoms in total. The van der Waals surface area contributed by atoms with Crippen LogP contribution in [0.4, 0.5) is 15.8 Å². The van der Waals surface area contributed by atoms with Crippen LogP contribution in [0.25, 0.3) is 11.1 Å². The Bertz CT molecular complexity index is 605. The van der Waals surface area contributed by atoms with Crippen molar-refractivity contribution in [2.24, 2.45) is 5.18 Å². The van der Waals surface area contributed by atoms with E-state index < -0.39 is 5.82 Å². The molecule has 0 atom stereocenters. The van der Waals surface area contributed by atoms with E-state index in [-0.39, 0.29) is 16.9 Å². The zero-order valence-corrected chi connectivity index (χ0v) is 10.1. The van der Waals surface area contributed by atoms with Crippen LogP contribution in [0.15, 0.2) is 35.6 Å². The fourth-order valence-electron chi connectivity index (χ4n) is 1.58. The van der Waals surface area contributed by atoms with Crippen molar-refractivity contribution in [3.63, 3.8) is 0 Å². The Balaban J connectivity index is 0.00000180. The van der Waals surface area contributed by atoms with Gasteiger partial charge in [-0.25, -0.2) is 0 Å². The normalized spacial score (nSPS) is 9.58. The van der Waals surface area contributed by atoms with E-state index in [0.29, 0.717) is 17.0 Å². The summed E-state index contributed by atoms with van der Waals surface area (Å²) in [5.41, 5.74) is 6.69. The van der Waals surface area contributed by atoms with Crippen LogP contribution in [0.3, 0.4) is 0 Å². The van der Waals surface area contributed by atoms with Crippen molar-refractivity contribution < 1.29 is 19.6 Å². The highest BCUT2D eigenvalue weighted by Gasteiger charge is 2.13. The molecule has 0 aliphatic rings. The number of pyridine rings is 1. The number of nitrogens with one attached hydrogen (secondary N) is 1. The second-order valence-corrected chi connectivity index (χ2v) is 3.63. The number of anilines is 1. The average molecular weight is 265 g/mol. The highest BCUT2D eigenvalue weighted by Crippen LogP contribution is 2.30. The molecule has 1 aromatic carbocycles. The molecule has 0 saturated carbocycles. The summed E-state index contributed by atoms with van der Waals surface area (Å²) in [6, 6.07) is 6.05. The van der Waals surface area contributed by atoms with Crippen LogP contribution in [0, 0.1) is 10.7 Å². The van der Waals surface area contributed by atoms with Crippen molar-refractivity contribution in [2.75, 3.05) is 12.8 Å². The van der Waals surface area contributed by atoms with E-state index in [2.05, 4.69) is 10.2 Å². The molecule has 4 N–H and O–H groups in total. The van der Waals surface area contributed by atoms with Crippen LogP contribution in [0.2, 0.25) is 0 Å². The molecular formula is C12H12FN3O3. The summed E-state index contributed by atoms with van der Waals surface area (Å²) in [7, 11) is 1.47. The standard InChI is InChI=1S/C12H10FN3O2.H2O/c1-18-12-5-8(9(13)6-15-12)7-2-3-10(14)11(4-7)16-17;/h2-6H,14H2,1H3;1H2. The summed E-state index contributed by atoms with van der Waals surface area (Å²) in [5, 5.41) is 2.79. The molecule has 0 spiro atoms. The number of methoxy groups -OCH3 is 1. The molecule has 2 aromatic rings. The second-order valence-electron chi connectivity index (χ2n) is 3.63. The van der Waals surface area contributed by atoms with Gasteiger partial charge in [-0.3, -0.25) is 0 Å². The number of benzene rings is 1. The summed E-state index contributed by atoms with van der Waals surface area (Å²) in [6.07, 6.45) is 1.18. The fourth-order valence-corrected chi connectivity index (χ4v) is 1.58. The molecule has 0 fully saturated rings. The van der Waals surface area contributed by atoms with Gasteiger partial charge in [0, 0.05) is 5.56 Å². The summed E-state index contributed by atoms with van der Waals surface area (Å²) < 4.78 is 18.7. The first kappa shape index (κ1) is 14.5. The molecule has 100 valence electrons. The van der Waals surface area contributed by atoms with Gasteiger partial charge in [-0.2, -0.15) is 9.37 Å². The van der Waals surface area contributed by atoms with Crippen molar-refractivity contribution >= 4 is 11.4 Å². The van der Waals surface area contributed by atoms with Crippen LogP contribution in [-0.4, -0.2) is 12.6 Å². The molecule has 0 aliphatic heterocycles. The van der Waals surface area contributed by atoms with E-state index in [4.69, 9.17) is 10.5 Å². The van der Waals surface area contributed by atoms with E-state index in [1.54, 1.807) is 6.07 Å². The van der Waals surface area contributed by atoms with Gasteiger partial charge in [0.1, 0.15) is 5.69 Å². The highest BCUT2D eigenvalue weighted by molar-refractivity contribution is 5.74. The molecule has 0 radical (unpaired) electrons. The van der Waals surface area contributed by atoms with E-state index in [1.807, 2.05) is 0 Å². The van der Waals surface area contributed by atoms with E-state index >= 15 is 0 Å². The minimum atomic E-state index is -0.461. The Kier molecular flexibility index (Phi) is 4.49. The first-order chi connectivity index (χ1) is 8.65. The van der Waals surface area contributed by atoms with E-state index in [0.717, 1.165) is 0 Å². The molecule has 0 unspecified atom stereocenters. The van der Waals surface area contributed by atoms with Crippen LogP contribution in [0.1, 0.15) is 0 Å². The van der Waals surface area contributed by atoms with Gasteiger partial charge in [-0.1, -0.05) is 6.07 Å². The van der Waals surface area contributed by atoms with Crippen molar-refractivity contribution in [3.8, 4) is 17.0 Å². The first-order valence-electron chi connectivity index (χ1n) is 5.14. The number of nitrogens with zero attached hydrogens (tertiary/aromatic N) is 1. The number of ether oxygens (including phenoxy) is 1. The lowest BCUT2D eigenvalue weighted by molar-refractivity contribution is -0.395. The van der Waals surface area contributed by atoms with Gasteiger partial charge in [0.2, 0.25) is 6.20 Å². The predicted octanol–water partition coefficient (Wildman–Crippen LogP) is 2.12. The number of hydrogen-bond donors (Lipinski definition) is 1. The average Bonchev–Trinajstić information content (AvgIpc) is 2.40. The maximum atomic E-state index is 13.7. The number of nitrogen functional groups attached to an aromatic ring is 1. The third kappa shape index (κ3) is 2.83. The molecule has 19 heavy (non-hydrogen) atoms. The van der Waals surface area contributed by atoms with Crippen LogP contribution in [-0.2, 0) is 0 Å². The van der Waals surface area contributed by atoms with Gasteiger partial charge >= 0.3 is 5.88 Å². The number of aromatic amines is 1. The van der Waals surface area contributed by atoms with E-state index in [1.165, 1.54) is 31.5 Å². The Hall–Kier alpha value is -2.54. The lowest BCUT2D eigenvalue weighted by Gasteiger charge is -2.04. The monoisotopic (exact) mass is 265 g/mol. The fraction of sp³-hybridized carbons (Fsp3) is 0.0833. The first-order valence-corrected chi connectivity index (χ1v) is 5.14. The zero-order valence-electron chi connectivity index (χ0n) is 10.1. The molecule has 1 heterocycles. The Morgan fingerprint density at radius 1 is 1.37 bits per heavy atom. The number of aromatic nitrogens is 1. The highest BCUT2D eigenvalue weighted by atomic mass is 19.1. The molecule has 2 rings (SSSR count). The number of H-pyrrole nitrogens is 1. The van der Waals surface area contributed by atoms with Crippen LogP contribution < -0.4 is 15.5 Å². The van der Waals surface area contributed by atoms with Gasteiger partial charge < -0.3 is 15.9 Å². The molecule has 7 heteroatoms. The van der Waals surface area contributed by atoms with Crippen molar-refractivity contribution in [2.45, 2.75) is 0 Å². The third-order valence-electron chi connectivity index (χ3n) is 2.53. The minimum absolute atomic E-state index is 0. The number of rotatable bonds is 3. The van der Waals surface area contributed by atoms with Crippen molar-refractivity contribution in [1.82, 2.24) is 0 Å². The van der Waals surface area contributed by atoms with Crippen molar-refractivity contribution in [3.05, 3.63) is 41.2 Å². The SMILES string of the molecule is COc1cc(-c2ccc(N)c(N=O)c2)c(F)c[nH+]1.[OH-]. The maximum Gasteiger partial charge on any atom is 0.366 e. The van der Waals surface area contributed by atoms with E-state index in [9.17, 15) is 9.30 Å². The maximum absolute atomic E-state index is 13.7. The van der Waals surface area contributed by atoms with Crippen LogP contribution in [0.5, 0.6) is 5.88 Å². The number of nitroso groups, excluding NO2 is 1. The largest absolute Gasteiger partial charge is 0.870 e. The zero-order chi connectivity index (χ0) is 13.1. The quantitative estimate of drug-likeness (QED) is 0.677. The molecule has 0 aliphatic carbocycles. The van der Waals surface area contributed by atoms with Gasteiger partial charge in [0.15, 0.2) is 5.82 Å². The smallest absolute Gasteiger partial charge is 0.366 e. The molecule has 0 bridgehead atoms. The Morgan fingerprint density at radius 2 is 2.11 bits per heavy atom. The molecule has 1 aromatic heterocycles. The number of hydrogen-bond acceptors (Lipinski definition) is 5. The minimum Gasteiger partial charge on any atom is -0.870 e. The van der Waals surface area contributed by atoms with Gasteiger partial charge in [-0.15, -0.1) is 4.91 Å². The lowest BCUT2D eigenvalue weighted by atomic mass is 10.1. The Morgan fingerprint density at radius 3 is 2.74 bits per heavy atom. The number of nitrogens with two attached hydrogens (primary N) is 1. The third-order valence-corrected chi connectivity index (χ3v) is 2.53. The molecule has 0 saturated heterocycles.